The van der Waals surface area contributed by atoms with Gasteiger partial charge in [-0.15, -0.1) is 0 Å². The molecule has 0 saturated heterocycles. The number of carbonyl (C=O) groups excluding carboxylic acids is 1. The number of aromatic nitrogens is 1. The fraction of sp³-hybridized carbons (Fsp3) is 0.214. The van der Waals surface area contributed by atoms with Gasteiger partial charge in [0.2, 0.25) is 0 Å². The summed E-state index contributed by atoms with van der Waals surface area (Å²) in [5.74, 6) is -1.11. The van der Waals surface area contributed by atoms with Crippen molar-refractivity contribution in [2.24, 2.45) is 5.92 Å². The smallest absolute Gasteiger partial charge is 0.308 e. The van der Waals surface area contributed by atoms with Crippen molar-refractivity contribution in [3.8, 4) is 17.0 Å². The summed E-state index contributed by atoms with van der Waals surface area (Å²) in [5, 5.41) is 3.51. The number of nitrogens with zero attached hydrogens (tertiary/aromatic N) is 1. The Morgan fingerprint density at radius 2 is 1.78 bits per heavy atom. The summed E-state index contributed by atoms with van der Waals surface area (Å²) in [4.78, 5) is 18.6. The van der Waals surface area contributed by atoms with Gasteiger partial charge in [-0.3, -0.25) is 4.79 Å². The Morgan fingerprint density at radius 3 is 2.47 bits per heavy atom. The van der Waals surface area contributed by atoms with Crippen LogP contribution < -0.4 is 9.50 Å². The first-order chi connectivity index (χ1) is 17.4. The van der Waals surface area contributed by atoms with E-state index in [9.17, 15) is 17.6 Å². The SMILES string of the molecule is CCS(=O)(=O)Oc1c(-c2ccccc2)nc2ccccc2c1C(=O)N[C@H](c1cccc(F)c1)C1CC1. The van der Waals surface area contributed by atoms with Crippen LogP contribution >= 0.6 is 0 Å². The average molecular weight is 505 g/mol. The average Bonchev–Trinajstić information content (AvgIpc) is 3.72. The third kappa shape index (κ3) is 4.95. The molecule has 0 radical (unpaired) electrons. The summed E-state index contributed by atoms with van der Waals surface area (Å²) in [5.41, 5.74) is 2.14. The van der Waals surface area contributed by atoms with Crippen molar-refractivity contribution in [1.82, 2.24) is 10.3 Å². The highest BCUT2D eigenvalue weighted by molar-refractivity contribution is 7.87. The second-order valence-electron chi connectivity index (χ2n) is 8.82. The van der Waals surface area contributed by atoms with Gasteiger partial charge in [-0.25, -0.2) is 9.37 Å². The van der Waals surface area contributed by atoms with Crippen LogP contribution in [0.4, 0.5) is 4.39 Å². The quantitative estimate of drug-likeness (QED) is 0.314. The van der Waals surface area contributed by atoms with E-state index in [1.807, 2.05) is 6.07 Å². The summed E-state index contributed by atoms with van der Waals surface area (Å²) in [6, 6.07) is 21.8. The molecule has 1 aliphatic rings. The zero-order chi connectivity index (χ0) is 25.3. The van der Waals surface area contributed by atoms with Crippen LogP contribution in [-0.4, -0.2) is 25.1 Å². The van der Waals surface area contributed by atoms with Crippen LogP contribution in [0.3, 0.4) is 0 Å². The Balaban J connectivity index is 1.69. The number of benzene rings is 3. The molecule has 0 unspecified atom stereocenters. The predicted octanol–water partition coefficient (Wildman–Crippen LogP) is 5.65. The summed E-state index contributed by atoms with van der Waals surface area (Å²) in [6.07, 6.45) is 1.81. The number of carbonyl (C=O) groups is 1. The predicted molar refractivity (Wildman–Crippen MR) is 137 cm³/mol. The van der Waals surface area contributed by atoms with Crippen molar-refractivity contribution in [1.29, 1.82) is 0 Å². The molecule has 1 N–H and O–H groups in total. The lowest BCUT2D eigenvalue weighted by atomic mass is 9.99. The van der Waals surface area contributed by atoms with Gasteiger partial charge in [0.25, 0.3) is 5.91 Å². The highest BCUT2D eigenvalue weighted by Gasteiger charge is 2.35. The number of hydrogen-bond donors (Lipinski definition) is 1. The lowest BCUT2D eigenvalue weighted by molar-refractivity contribution is 0.0931. The van der Waals surface area contributed by atoms with E-state index < -0.39 is 22.1 Å². The lowest BCUT2D eigenvalue weighted by Gasteiger charge is -2.22. The van der Waals surface area contributed by atoms with Crippen molar-refractivity contribution in [3.63, 3.8) is 0 Å². The molecule has 3 aromatic carbocycles. The molecule has 1 amide bonds. The standard InChI is InChI=1S/C28H25FN2O4S/c1-2-36(33,34)35-27-24(28(32)31-25(19-15-16-19)20-11-8-12-21(29)17-20)22-13-6-7-14-23(22)30-26(27)18-9-4-3-5-10-18/h3-14,17,19,25H,2,15-16H2,1H3,(H,31,32)/t25-/m0/s1. The summed E-state index contributed by atoms with van der Waals surface area (Å²) >= 11 is 0. The molecule has 4 aromatic rings. The summed E-state index contributed by atoms with van der Waals surface area (Å²) < 4.78 is 44.8. The molecule has 6 nitrogen and oxygen atoms in total. The molecule has 8 heteroatoms. The zero-order valence-electron chi connectivity index (χ0n) is 19.6. The number of para-hydroxylation sites is 1. The normalized spacial score (nSPS) is 14.4. The van der Waals surface area contributed by atoms with E-state index in [2.05, 4.69) is 10.3 Å². The van der Waals surface area contributed by atoms with Gasteiger partial charge in [0.1, 0.15) is 11.5 Å². The lowest BCUT2D eigenvalue weighted by Crippen LogP contribution is -2.31. The molecule has 0 spiro atoms. The maximum absolute atomic E-state index is 14.0. The van der Waals surface area contributed by atoms with Gasteiger partial charge < -0.3 is 9.50 Å². The van der Waals surface area contributed by atoms with Crippen molar-refractivity contribution in [3.05, 3.63) is 95.8 Å². The molecular formula is C28H25FN2O4S. The Kier molecular flexibility index (Phi) is 6.45. The van der Waals surface area contributed by atoms with Crippen LogP contribution in [0.1, 0.15) is 41.7 Å². The van der Waals surface area contributed by atoms with E-state index in [1.54, 1.807) is 60.7 Å². The fourth-order valence-electron chi connectivity index (χ4n) is 4.29. The number of nitrogens with one attached hydrogen (secondary N) is 1. The third-order valence-corrected chi connectivity index (χ3v) is 7.40. The van der Waals surface area contributed by atoms with E-state index in [0.717, 1.165) is 12.8 Å². The van der Waals surface area contributed by atoms with E-state index in [4.69, 9.17) is 4.18 Å². The first-order valence-corrected chi connectivity index (χ1v) is 13.4. The first-order valence-electron chi connectivity index (χ1n) is 11.8. The van der Waals surface area contributed by atoms with Gasteiger partial charge in [0, 0.05) is 10.9 Å². The Morgan fingerprint density at radius 1 is 1.06 bits per heavy atom. The number of fused-ring (bicyclic) bond motifs is 1. The molecule has 1 fully saturated rings. The van der Waals surface area contributed by atoms with Crippen LogP contribution in [0.2, 0.25) is 0 Å². The van der Waals surface area contributed by atoms with Gasteiger partial charge in [-0.2, -0.15) is 8.42 Å². The molecular weight excluding hydrogens is 479 g/mol. The minimum absolute atomic E-state index is 0.0820. The Hall–Kier alpha value is -3.78. The third-order valence-electron chi connectivity index (χ3n) is 6.27. The van der Waals surface area contributed by atoms with Crippen molar-refractivity contribution in [2.75, 3.05) is 5.75 Å². The number of hydrogen-bond acceptors (Lipinski definition) is 5. The molecule has 0 bridgehead atoms. The van der Waals surface area contributed by atoms with Crippen molar-refractivity contribution >= 4 is 26.9 Å². The maximum atomic E-state index is 14.0. The van der Waals surface area contributed by atoms with E-state index in [0.29, 0.717) is 22.0 Å². The second kappa shape index (κ2) is 9.70. The van der Waals surface area contributed by atoms with Crippen molar-refractivity contribution < 1.29 is 21.8 Å². The Labute approximate surface area is 209 Å². The van der Waals surface area contributed by atoms with Crippen LogP contribution in [-0.2, 0) is 10.1 Å². The topological polar surface area (TPSA) is 85.4 Å². The largest absolute Gasteiger partial charge is 0.379 e. The highest BCUT2D eigenvalue weighted by atomic mass is 32.2. The van der Waals surface area contributed by atoms with Gasteiger partial charge >= 0.3 is 10.1 Å². The molecule has 1 aliphatic carbocycles. The van der Waals surface area contributed by atoms with Crippen LogP contribution in [0.5, 0.6) is 5.75 Å². The number of amides is 1. The van der Waals surface area contributed by atoms with Crippen LogP contribution in [0.25, 0.3) is 22.2 Å². The molecule has 36 heavy (non-hydrogen) atoms. The summed E-state index contributed by atoms with van der Waals surface area (Å²) in [6.45, 7) is 1.47. The molecule has 184 valence electrons. The van der Waals surface area contributed by atoms with E-state index >= 15 is 0 Å². The summed E-state index contributed by atoms with van der Waals surface area (Å²) in [7, 11) is -3.99. The minimum Gasteiger partial charge on any atom is -0.379 e. The number of halogens is 1. The Bertz CT molecular complexity index is 1540. The maximum Gasteiger partial charge on any atom is 0.308 e. The number of rotatable bonds is 8. The zero-order valence-corrected chi connectivity index (χ0v) is 20.5. The van der Waals surface area contributed by atoms with Gasteiger partial charge in [-0.1, -0.05) is 60.7 Å². The van der Waals surface area contributed by atoms with Gasteiger partial charge in [-0.05, 0) is 49.4 Å². The molecule has 1 saturated carbocycles. The second-order valence-corrected chi connectivity index (χ2v) is 10.7. The molecule has 0 aliphatic heterocycles. The number of pyridine rings is 1. The van der Waals surface area contributed by atoms with Gasteiger partial charge in [0.15, 0.2) is 5.75 Å². The van der Waals surface area contributed by atoms with Crippen molar-refractivity contribution in [2.45, 2.75) is 25.8 Å². The first kappa shape index (κ1) is 23.9. The molecule has 1 heterocycles. The monoisotopic (exact) mass is 504 g/mol. The van der Waals surface area contributed by atoms with Gasteiger partial charge in [0.05, 0.1) is 22.9 Å². The van der Waals surface area contributed by atoms with E-state index in [1.165, 1.54) is 19.1 Å². The molecule has 1 atom stereocenters. The van der Waals surface area contributed by atoms with Crippen LogP contribution in [0, 0.1) is 11.7 Å². The molecule has 5 rings (SSSR count). The van der Waals surface area contributed by atoms with E-state index in [-0.39, 0.29) is 34.5 Å². The minimum atomic E-state index is -3.99. The highest BCUT2D eigenvalue weighted by Crippen LogP contribution is 2.42. The van der Waals surface area contributed by atoms with Crippen LogP contribution in [0.15, 0.2) is 78.9 Å². The fourth-order valence-corrected chi connectivity index (χ4v) is 4.83. The molecule has 1 aromatic heterocycles.